The van der Waals surface area contributed by atoms with Gasteiger partial charge in [-0.25, -0.2) is 4.39 Å². The number of hydrogen-bond donors (Lipinski definition) is 2. The van der Waals surface area contributed by atoms with E-state index in [1.807, 2.05) is 6.07 Å². The maximum absolute atomic E-state index is 15.0. The molecular weight excluding hydrogens is 419 g/mol. The van der Waals surface area contributed by atoms with Gasteiger partial charge >= 0.3 is 0 Å². The lowest BCUT2D eigenvalue weighted by atomic mass is 9.69. The molecule has 2 fully saturated rings. The first-order valence-corrected chi connectivity index (χ1v) is 11.5. The third-order valence-electron chi connectivity index (χ3n) is 7.36. The van der Waals surface area contributed by atoms with Crippen LogP contribution in [0.2, 0.25) is 0 Å². The Morgan fingerprint density at radius 1 is 1.12 bits per heavy atom. The summed E-state index contributed by atoms with van der Waals surface area (Å²) in [4.78, 5) is 2.20. The van der Waals surface area contributed by atoms with E-state index >= 15 is 0 Å². The molecule has 2 N–H and O–H groups in total. The van der Waals surface area contributed by atoms with E-state index in [0.29, 0.717) is 17.3 Å². The number of halogens is 1. The third-order valence-corrected chi connectivity index (χ3v) is 7.36. The largest absolute Gasteiger partial charge is 0.507 e. The zero-order chi connectivity index (χ0) is 23.4. The van der Waals surface area contributed by atoms with Gasteiger partial charge in [-0.3, -0.25) is 4.68 Å². The normalized spacial score (nSPS) is 26.9. The highest BCUT2D eigenvalue weighted by Gasteiger charge is 2.46. The van der Waals surface area contributed by atoms with E-state index in [-0.39, 0.29) is 22.4 Å². The summed E-state index contributed by atoms with van der Waals surface area (Å²) in [5.41, 5.74) is 1.94. The quantitative estimate of drug-likeness (QED) is 0.618. The number of nitrogens with one attached hydrogen (secondary N) is 1. The lowest BCUT2D eigenvalue weighted by Gasteiger charge is -2.55. The van der Waals surface area contributed by atoms with Crippen molar-refractivity contribution in [3.8, 4) is 28.1 Å². The molecule has 5 rings (SSSR count). The van der Waals surface area contributed by atoms with Gasteiger partial charge in [-0.15, -0.1) is 10.2 Å². The number of aryl methyl sites for hydroxylation is 1. The third kappa shape index (κ3) is 4.08. The van der Waals surface area contributed by atoms with Crippen LogP contribution in [0.25, 0.3) is 22.4 Å². The fourth-order valence-electron chi connectivity index (χ4n) is 5.83. The van der Waals surface area contributed by atoms with Crippen LogP contribution in [0.3, 0.4) is 0 Å². The van der Waals surface area contributed by atoms with E-state index < -0.39 is 5.82 Å². The Kier molecular flexibility index (Phi) is 5.16. The van der Waals surface area contributed by atoms with Crippen LogP contribution in [0.5, 0.6) is 5.75 Å². The maximum atomic E-state index is 15.0. The molecule has 174 valence electrons. The number of phenolic OH excluding ortho intramolecular Hbond substituents is 1. The zero-order valence-corrected chi connectivity index (χ0v) is 19.6. The van der Waals surface area contributed by atoms with E-state index in [1.165, 1.54) is 31.4 Å². The van der Waals surface area contributed by atoms with Gasteiger partial charge in [0, 0.05) is 43.0 Å². The molecule has 33 heavy (non-hydrogen) atoms. The van der Waals surface area contributed by atoms with Gasteiger partial charge in [0.25, 0.3) is 0 Å². The van der Waals surface area contributed by atoms with E-state index in [0.717, 1.165) is 24.2 Å². The molecule has 2 aliphatic rings. The topological polar surface area (TPSA) is 79.1 Å². The Balaban J connectivity index is 1.39. The number of fused-ring (bicyclic) bond motifs is 2. The molecule has 3 aromatic rings. The van der Waals surface area contributed by atoms with Crippen LogP contribution in [0.15, 0.2) is 36.7 Å². The number of aromatic hydroxyl groups is 1. The lowest BCUT2D eigenvalue weighted by Crippen LogP contribution is -2.66. The van der Waals surface area contributed by atoms with Crippen molar-refractivity contribution in [1.29, 1.82) is 0 Å². The molecule has 0 saturated carbocycles. The molecule has 4 heterocycles. The van der Waals surface area contributed by atoms with Crippen molar-refractivity contribution < 1.29 is 9.50 Å². The molecule has 0 spiro atoms. The lowest BCUT2D eigenvalue weighted by molar-refractivity contribution is 0.0784. The first-order chi connectivity index (χ1) is 15.6. The molecule has 2 saturated heterocycles. The monoisotopic (exact) mass is 450 g/mol. The van der Waals surface area contributed by atoms with Crippen LogP contribution in [0.1, 0.15) is 46.0 Å². The van der Waals surface area contributed by atoms with E-state index in [2.05, 4.69) is 46.4 Å². The van der Waals surface area contributed by atoms with Crippen molar-refractivity contribution in [2.45, 2.75) is 63.1 Å². The summed E-state index contributed by atoms with van der Waals surface area (Å²) < 4.78 is 16.6. The summed E-state index contributed by atoms with van der Waals surface area (Å²) in [6.07, 6.45) is 9.14. The molecule has 2 aromatic heterocycles. The average Bonchev–Trinajstić information content (AvgIpc) is 3.18. The highest BCUT2D eigenvalue weighted by atomic mass is 19.1. The van der Waals surface area contributed by atoms with Gasteiger partial charge in [-0.2, -0.15) is 5.10 Å². The van der Waals surface area contributed by atoms with Crippen LogP contribution >= 0.6 is 0 Å². The summed E-state index contributed by atoms with van der Waals surface area (Å²) in [5.74, 6) is 0.0374. The summed E-state index contributed by atoms with van der Waals surface area (Å²) >= 11 is 0. The number of rotatable bonds is 4. The van der Waals surface area contributed by atoms with Crippen LogP contribution in [0, 0.1) is 5.82 Å². The Morgan fingerprint density at radius 3 is 2.42 bits per heavy atom. The highest BCUT2D eigenvalue weighted by molar-refractivity contribution is 5.74. The Hall–Kier alpha value is -3.00. The van der Waals surface area contributed by atoms with E-state index in [9.17, 15) is 9.50 Å². The summed E-state index contributed by atoms with van der Waals surface area (Å²) in [6, 6.07) is 6.87. The van der Waals surface area contributed by atoms with Gasteiger partial charge in [0.05, 0.1) is 17.5 Å². The number of nitrogens with zero attached hydrogens (tertiary/aromatic N) is 5. The first kappa shape index (κ1) is 21.8. The van der Waals surface area contributed by atoms with E-state index in [1.54, 1.807) is 30.2 Å². The number of hydrogen-bond acceptors (Lipinski definition) is 6. The second kappa shape index (κ2) is 7.80. The van der Waals surface area contributed by atoms with E-state index in [4.69, 9.17) is 0 Å². The van der Waals surface area contributed by atoms with Gasteiger partial charge in [-0.05, 0) is 75.8 Å². The van der Waals surface area contributed by atoms with Crippen molar-refractivity contribution in [3.05, 3.63) is 42.5 Å². The second-order valence-corrected chi connectivity index (χ2v) is 10.3. The molecule has 0 radical (unpaired) electrons. The Labute approximate surface area is 193 Å². The molecule has 8 heteroatoms. The average molecular weight is 451 g/mol. The molecule has 1 unspecified atom stereocenters. The minimum absolute atomic E-state index is 0.0563. The van der Waals surface area contributed by atoms with Crippen molar-refractivity contribution in [3.63, 3.8) is 0 Å². The highest BCUT2D eigenvalue weighted by Crippen LogP contribution is 2.42. The number of anilines is 1. The molecule has 1 aromatic carbocycles. The van der Waals surface area contributed by atoms with Gasteiger partial charge in [-0.1, -0.05) is 0 Å². The van der Waals surface area contributed by atoms with Crippen molar-refractivity contribution in [1.82, 2.24) is 25.3 Å². The Bertz CT molecular complexity index is 1140. The fraction of sp³-hybridized carbons (Fsp3) is 0.480. The maximum Gasteiger partial charge on any atom is 0.151 e. The predicted molar refractivity (Wildman–Crippen MR) is 127 cm³/mol. The second-order valence-electron chi connectivity index (χ2n) is 10.3. The molecule has 3 atom stereocenters. The van der Waals surface area contributed by atoms with Crippen LogP contribution in [-0.4, -0.2) is 49.3 Å². The van der Waals surface area contributed by atoms with Crippen LogP contribution < -0.4 is 10.2 Å². The van der Waals surface area contributed by atoms with Crippen molar-refractivity contribution >= 4 is 5.82 Å². The smallest absolute Gasteiger partial charge is 0.151 e. The van der Waals surface area contributed by atoms with Crippen LogP contribution in [0.4, 0.5) is 10.2 Å². The standard InChI is InChI=1S/C25H31FN6O/c1-24-8-5-9-25(2,30-24)13-18(12-24)32(4)22-7-6-20(28-29-22)23-19(26)10-16(11-21(23)33)17-14-27-31(3)15-17/h6-7,10-11,14-15,18,30,33H,5,8-9,12-13H2,1-4H3/t18?,24-,25+. The number of benzene rings is 1. The minimum atomic E-state index is -0.545. The minimum Gasteiger partial charge on any atom is -0.507 e. The molecule has 0 amide bonds. The molecule has 7 nitrogen and oxygen atoms in total. The molecule has 2 bridgehead atoms. The molecule has 0 aliphatic carbocycles. The zero-order valence-electron chi connectivity index (χ0n) is 19.6. The van der Waals surface area contributed by atoms with Gasteiger partial charge in [0.1, 0.15) is 11.6 Å². The summed E-state index contributed by atoms with van der Waals surface area (Å²) in [6.45, 7) is 4.64. The first-order valence-electron chi connectivity index (χ1n) is 11.5. The van der Waals surface area contributed by atoms with Crippen LogP contribution in [-0.2, 0) is 7.05 Å². The van der Waals surface area contributed by atoms with Crippen molar-refractivity contribution in [2.75, 3.05) is 11.9 Å². The predicted octanol–water partition coefficient (Wildman–Crippen LogP) is 4.28. The molecule has 2 aliphatic heterocycles. The number of piperidine rings is 2. The van der Waals surface area contributed by atoms with Gasteiger partial charge in [0.2, 0.25) is 0 Å². The van der Waals surface area contributed by atoms with Gasteiger partial charge in [0.15, 0.2) is 5.82 Å². The summed E-state index contributed by atoms with van der Waals surface area (Å²) in [5, 5.41) is 27.2. The Morgan fingerprint density at radius 2 is 1.85 bits per heavy atom. The van der Waals surface area contributed by atoms with Gasteiger partial charge < -0.3 is 15.3 Å². The van der Waals surface area contributed by atoms with Crippen molar-refractivity contribution in [2.24, 2.45) is 7.05 Å². The molecular formula is C25H31FN6O. The summed E-state index contributed by atoms with van der Waals surface area (Å²) in [7, 11) is 3.85. The SMILES string of the molecule is CN(c1ccc(-c2c(O)cc(-c3cnn(C)c3)cc2F)nn1)C1C[C@]2(C)CCC[C@](C)(C1)N2. The fourth-order valence-corrected chi connectivity index (χ4v) is 5.83. The number of aromatic nitrogens is 4. The number of phenols is 1.